The number of nitriles is 1. The first kappa shape index (κ1) is 15.9. The number of amides is 1. The van der Waals surface area contributed by atoms with E-state index in [-0.39, 0.29) is 5.91 Å². The maximum absolute atomic E-state index is 12.1. The van der Waals surface area contributed by atoms with E-state index in [2.05, 4.69) is 23.2 Å². The van der Waals surface area contributed by atoms with Crippen LogP contribution in [0.3, 0.4) is 0 Å². The summed E-state index contributed by atoms with van der Waals surface area (Å²) in [4.78, 5) is 16.7. The minimum Gasteiger partial charge on any atom is -0.313 e. The molecule has 0 bridgehead atoms. The van der Waals surface area contributed by atoms with Gasteiger partial charge in [-0.3, -0.25) is 9.69 Å². The van der Waals surface area contributed by atoms with Crippen molar-refractivity contribution in [1.29, 1.82) is 5.26 Å². The highest BCUT2D eigenvalue weighted by atomic mass is 32.1. The standard InChI is InChI=1S/C17H17N3OS2/c1-2-20-8-7-13-14(10-18)17(23-15(13)11-20)19-16(21)6-5-12-4-3-9-22-12/h3-6,9H,2,7-8,11H2,1H3,(H,19,21). The summed E-state index contributed by atoms with van der Waals surface area (Å²) in [7, 11) is 0. The van der Waals surface area contributed by atoms with Gasteiger partial charge in [0.15, 0.2) is 0 Å². The van der Waals surface area contributed by atoms with E-state index in [4.69, 9.17) is 0 Å². The molecule has 2 aromatic rings. The summed E-state index contributed by atoms with van der Waals surface area (Å²) in [6.45, 7) is 4.99. The van der Waals surface area contributed by atoms with Crippen molar-refractivity contribution >= 4 is 39.7 Å². The Kier molecular flexibility index (Phi) is 4.91. The SMILES string of the molecule is CCN1CCc2c(sc(NC(=O)C=Cc3cccs3)c2C#N)C1. The highest BCUT2D eigenvalue weighted by Gasteiger charge is 2.24. The molecule has 118 valence electrons. The molecule has 3 heterocycles. The molecule has 1 aliphatic heterocycles. The molecule has 4 nitrogen and oxygen atoms in total. The largest absolute Gasteiger partial charge is 0.313 e. The fourth-order valence-electron chi connectivity index (χ4n) is 2.63. The average Bonchev–Trinajstić information content (AvgIpc) is 3.19. The zero-order valence-corrected chi connectivity index (χ0v) is 14.5. The number of likely N-dealkylation sites (N-methyl/N-ethyl adjacent to an activating group) is 1. The Balaban J connectivity index is 1.77. The average molecular weight is 343 g/mol. The third kappa shape index (κ3) is 3.53. The van der Waals surface area contributed by atoms with Crippen LogP contribution in [-0.2, 0) is 17.8 Å². The van der Waals surface area contributed by atoms with Gasteiger partial charge in [0.2, 0.25) is 5.91 Å². The molecule has 0 saturated carbocycles. The van der Waals surface area contributed by atoms with Gasteiger partial charge in [0, 0.05) is 28.9 Å². The second-order valence-corrected chi connectivity index (χ2v) is 7.36. The van der Waals surface area contributed by atoms with Crippen molar-refractivity contribution < 1.29 is 4.79 Å². The first-order valence-electron chi connectivity index (χ1n) is 7.50. The van der Waals surface area contributed by atoms with Crippen molar-refractivity contribution in [2.45, 2.75) is 19.9 Å². The van der Waals surface area contributed by atoms with Crippen LogP contribution in [0, 0.1) is 11.3 Å². The van der Waals surface area contributed by atoms with Crippen molar-refractivity contribution in [3.05, 3.63) is 44.5 Å². The van der Waals surface area contributed by atoms with E-state index in [1.807, 2.05) is 17.5 Å². The summed E-state index contributed by atoms with van der Waals surface area (Å²) in [5, 5.41) is 15.0. The number of rotatable bonds is 4. The normalized spacial score (nSPS) is 14.6. The molecule has 0 aromatic carbocycles. The number of hydrogen-bond acceptors (Lipinski definition) is 5. The molecule has 1 aliphatic rings. The number of nitrogens with zero attached hydrogens (tertiary/aromatic N) is 2. The fraction of sp³-hybridized carbons (Fsp3) is 0.294. The maximum Gasteiger partial charge on any atom is 0.249 e. The molecule has 0 fully saturated rings. The number of carbonyl (C=O) groups is 1. The van der Waals surface area contributed by atoms with Crippen molar-refractivity contribution in [3.8, 4) is 6.07 Å². The van der Waals surface area contributed by atoms with Crippen LogP contribution in [0.15, 0.2) is 23.6 Å². The molecule has 6 heteroatoms. The summed E-state index contributed by atoms with van der Waals surface area (Å²) in [6, 6.07) is 6.17. The zero-order valence-electron chi connectivity index (χ0n) is 12.8. The van der Waals surface area contributed by atoms with E-state index < -0.39 is 0 Å². The minimum absolute atomic E-state index is 0.194. The third-order valence-electron chi connectivity index (χ3n) is 3.87. The molecule has 0 unspecified atom stereocenters. The summed E-state index contributed by atoms with van der Waals surface area (Å²) >= 11 is 3.11. The van der Waals surface area contributed by atoms with Gasteiger partial charge in [0.05, 0.1) is 5.56 Å². The number of anilines is 1. The molecule has 0 aliphatic carbocycles. The Morgan fingerprint density at radius 3 is 3.13 bits per heavy atom. The quantitative estimate of drug-likeness (QED) is 0.861. The summed E-state index contributed by atoms with van der Waals surface area (Å²) in [5.41, 5.74) is 1.75. The smallest absolute Gasteiger partial charge is 0.249 e. The monoisotopic (exact) mass is 343 g/mol. The summed E-state index contributed by atoms with van der Waals surface area (Å²) in [6.07, 6.45) is 4.19. The molecule has 2 aromatic heterocycles. The molecule has 23 heavy (non-hydrogen) atoms. The van der Waals surface area contributed by atoms with Crippen molar-refractivity contribution in [2.24, 2.45) is 0 Å². The minimum atomic E-state index is -0.194. The Hall–Kier alpha value is -1.94. The van der Waals surface area contributed by atoms with Crippen molar-refractivity contribution in [1.82, 2.24) is 4.90 Å². The van der Waals surface area contributed by atoms with Crippen LogP contribution >= 0.6 is 22.7 Å². The molecule has 0 atom stereocenters. The Labute approximate surface area is 143 Å². The van der Waals surface area contributed by atoms with Gasteiger partial charge in [-0.1, -0.05) is 13.0 Å². The topological polar surface area (TPSA) is 56.1 Å². The molecule has 1 amide bonds. The highest BCUT2D eigenvalue weighted by molar-refractivity contribution is 7.16. The Morgan fingerprint density at radius 1 is 1.57 bits per heavy atom. The summed E-state index contributed by atoms with van der Waals surface area (Å²) < 4.78 is 0. The van der Waals surface area contributed by atoms with E-state index in [0.717, 1.165) is 36.5 Å². The molecular formula is C17H17N3OS2. The first-order valence-corrected chi connectivity index (χ1v) is 9.20. The Bertz CT molecular complexity index is 769. The summed E-state index contributed by atoms with van der Waals surface area (Å²) in [5.74, 6) is -0.194. The van der Waals surface area contributed by atoms with Crippen LogP contribution in [0.4, 0.5) is 5.00 Å². The molecular weight excluding hydrogens is 326 g/mol. The lowest BCUT2D eigenvalue weighted by molar-refractivity contribution is -0.111. The van der Waals surface area contributed by atoms with Gasteiger partial charge in [0.1, 0.15) is 11.1 Å². The Morgan fingerprint density at radius 2 is 2.43 bits per heavy atom. The molecule has 0 radical (unpaired) electrons. The van der Waals surface area contributed by atoms with Crippen molar-refractivity contribution in [3.63, 3.8) is 0 Å². The predicted octanol–water partition coefficient (Wildman–Crippen LogP) is 3.71. The third-order valence-corrected chi connectivity index (χ3v) is 5.84. The first-order chi connectivity index (χ1) is 11.2. The number of nitrogens with one attached hydrogen (secondary N) is 1. The van der Waals surface area contributed by atoms with Gasteiger partial charge in [0.25, 0.3) is 0 Å². The predicted molar refractivity (Wildman–Crippen MR) is 95.7 cm³/mol. The van der Waals surface area contributed by atoms with Crippen LogP contribution in [0.5, 0.6) is 0 Å². The highest BCUT2D eigenvalue weighted by Crippen LogP contribution is 2.36. The van der Waals surface area contributed by atoms with E-state index in [9.17, 15) is 10.1 Å². The van der Waals surface area contributed by atoms with Crippen LogP contribution < -0.4 is 5.32 Å². The second-order valence-electron chi connectivity index (χ2n) is 5.28. The van der Waals surface area contributed by atoms with Crippen LogP contribution in [-0.4, -0.2) is 23.9 Å². The zero-order chi connectivity index (χ0) is 16.2. The van der Waals surface area contributed by atoms with Gasteiger partial charge in [-0.2, -0.15) is 5.26 Å². The van der Waals surface area contributed by atoms with Crippen LogP contribution in [0.25, 0.3) is 6.08 Å². The molecule has 1 N–H and O–H groups in total. The lowest BCUT2D eigenvalue weighted by Crippen LogP contribution is -2.29. The number of carbonyl (C=O) groups excluding carboxylic acids is 1. The fourth-order valence-corrected chi connectivity index (χ4v) is 4.49. The van der Waals surface area contributed by atoms with Crippen LogP contribution in [0.2, 0.25) is 0 Å². The number of thiophene rings is 2. The van der Waals surface area contributed by atoms with Gasteiger partial charge < -0.3 is 5.32 Å². The van der Waals surface area contributed by atoms with Gasteiger partial charge in [-0.25, -0.2) is 0 Å². The molecule has 3 rings (SSSR count). The molecule has 0 spiro atoms. The lowest BCUT2D eigenvalue weighted by atomic mass is 10.0. The van der Waals surface area contributed by atoms with E-state index in [1.165, 1.54) is 22.3 Å². The van der Waals surface area contributed by atoms with Gasteiger partial charge >= 0.3 is 0 Å². The number of hydrogen-bond donors (Lipinski definition) is 1. The van der Waals surface area contributed by atoms with Crippen molar-refractivity contribution in [2.75, 3.05) is 18.4 Å². The maximum atomic E-state index is 12.1. The van der Waals surface area contributed by atoms with E-state index in [1.54, 1.807) is 17.4 Å². The lowest BCUT2D eigenvalue weighted by Gasteiger charge is -2.24. The number of fused-ring (bicyclic) bond motifs is 1. The van der Waals surface area contributed by atoms with Gasteiger partial charge in [-0.05, 0) is 36.1 Å². The second kappa shape index (κ2) is 7.09. The van der Waals surface area contributed by atoms with E-state index in [0.29, 0.717) is 10.6 Å². The van der Waals surface area contributed by atoms with E-state index >= 15 is 0 Å². The van der Waals surface area contributed by atoms with Gasteiger partial charge in [-0.15, -0.1) is 22.7 Å². The van der Waals surface area contributed by atoms with Crippen LogP contribution in [0.1, 0.15) is 27.8 Å². The molecule has 0 saturated heterocycles.